The van der Waals surface area contributed by atoms with Crippen LogP contribution in [0.1, 0.15) is 10.4 Å². The number of carbonyl (C=O) groups is 1. The Balaban J connectivity index is 1.77. The Morgan fingerprint density at radius 3 is 2.62 bits per heavy atom. The summed E-state index contributed by atoms with van der Waals surface area (Å²) in [5.41, 5.74) is 1.76. The maximum absolute atomic E-state index is 11.6. The Labute approximate surface area is 159 Å². The topological polar surface area (TPSA) is 89.0 Å². The van der Waals surface area contributed by atoms with E-state index in [1.807, 2.05) is 0 Å². The number of nitrogens with zero attached hydrogens (tertiary/aromatic N) is 3. The molecule has 0 amide bonds. The molecule has 0 saturated heterocycles. The molecule has 1 heterocycles. The number of aromatic nitrogens is 3. The second kappa shape index (κ2) is 7.99. The molecule has 26 heavy (non-hydrogen) atoms. The maximum atomic E-state index is 11.6. The third kappa shape index (κ3) is 4.38. The standard InChI is InChI=1S/C17H13Cl2N5O2/c1-26-16(25)10-3-2-4-11(7-10)21-15-9-20-24-17(23-15)22-12-5-6-13(18)14(19)8-12/h2-9H,1H3,(H2,21,22,23,24). The Morgan fingerprint density at radius 2 is 1.85 bits per heavy atom. The minimum absolute atomic E-state index is 0.275. The van der Waals surface area contributed by atoms with Crippen molar-refractivity contribution in [3.63, 3.8) is 0 Å². The van der Waals surface area contributed by atoms with Crippen molar-refractivity contribution in [2.75, 3.05) is 17.7 Å². The number of methoxy groups -OCH3 is 1. The van der Waals surface area contributed by atoms with E-state index in [-0.39, 0.29) is 5.95 Å². The third-order valence-corrected chi connectivity index (χ3v) is 4.03. The molecule has 0 aliphatic carbocycles. The van der Waals surface area contributed by atoms with E-state index in [1.54, 1.807) is 42.5 Å². The molecule has 2 aromatic carbocycles. The molecule has 0 aliphatic rings. The van der Waals surface area contributed by atoms with Crippen molar-refractivity contribution in [2.45, 2.75) is 0 Å². The summed E-state index contributed by atoms with van der Waals surface area (Å²) >= 11 is 11.9. The summed E-state index contributed by atoms with van der Waals surface area (Å²) in [4.78, 5) is 15.9. The van der Waals surface area contributed by atoms with E-state index in [0.29, 0.717) is 32.8 Å². The van der Waals surface area contributed by atoms with Crippen LogP contribution in [0.15, 0.2) is 48.7 Å². The molecule has 0 radical (unpaired) electrons. The molecule has 2 N–H and O–H groups in total. The van der Waals surface area contributed by atoms with E-state index in [1.165, 1.54) is 13.3 Å². The van der Waals surface area contributed by atoms with E-state index in [9.17, 15) is 4.79 Å². The zero-order chi connectivity index (χ0) is 18.5. The minimum Gasteiger partial charge on any atom is -0.465 e. The lowest BCUT2D eigenvalue weighted by Gasteiger charge is -2.09. The zero-order valence-corrected chi connectivity index (χ0v) is 15.0. The Hall–Kier alpha value is -2.90. The highest BCUT2D eigenvalue weighted by atomic mass is 35.5. The van der Waals surface area contributed by atoms with Gasteiger partial charge in [-0.15, -0.1) is 5.10 Å². The van der Waals surface area contributed by atoms with Gasteiger partial charge in [0, 0.05) is 11.4 Å². The van der Waals surface area contributed by atoms with Crippen LogP contribution in [0.2, 0.25) is 10.0 Å². The second-order valence-electron chi connectivity index (χ2n) is 5.12. The van der Waals surface area contributed by atoms with Crippen LogP contribution in [-0.4, -0.2) is 28.3 Å². The first-order chi connectivity index (χ1) is 12.5. The number of benzene rings is 2. The lowest BCUT2D eigenvalue weighted by molar-refractivity contribution is 0.0601. The highest BCUT2D eigenvalue weighted by Gasteiger charge is 2.07. The fourth-order valence-electron chi connectivity index (χ4n) is 2.11. The molecule has 0 spiro atoms. The summed E-state index contributed by atoms with van der Waals surface area (Å²) in [6, 6.07) is 11.9. The molecule has 1 aromatic heterocycles. The minimum atomic E-state index is -0.420. The smallest absolute Gasteiger partial charge is 0.337 e. The van der Waals surface area contributed by atoms with Crippen molar-refractivity contribution in [1.29, 1.82) is 0 Å². The van der Waals surface area contributed by atoms with Crippen LogP contribution in [0.3, 0.4) is 0 Å². The maximum Gasteiger partial charge on any atom is 0.337 e. The average Bonchev–Trinajstić information content (AvgIpc) is 2.64. The van der Waals surface area contributed by atoms with Crippen LogP contribution >= 0.6 is 23.2 Å². The molecule has 132 valence electrons. The van der Waals surface area contributed by atoms with Crippen molar-refractivity contribution < 1.29 is 9.53 Å². The molecule has 0 aliphatic heterocycles. The number of ether oxygens (including phenoxy) is 1. The van der Waals surface area contributed by atoms with Gasteiger partial charge >= 0.3 is 5.97 Å². The molecule has 0 atom stereocenters. The van der Waals surface area contributed by atoms with Crippen LogP contribution in [0.4, 0.5) is 23.1 Å². The average molecular weight is 390 g/mol. The molecule has 3 aromatic rings. The normalized spacial score (nSPS) is 10.3. The number of rotatable bonds is 5. The van der Waals surface area contributed by atoms with Gasteiger partial charge in [-0.3, -0.25) is 0 Å². The highest BCUT2D eigenvalue weighted by molar-refractivity contribution is 6.42. The fraction of sp³-hybridized carbons (Fsp3) is 0.0588. The lowest BCUT2D eigenvalue weighted by Crippen LogP contribution is -2.04. The number of carbonyl (C=O) groups excluding carboxylic acids is 1. The third-order valence-electron chi connectivity index (χ3n) is 3.29. The summed E-state index contributed by atoms with van der Waals surface area (Å²) in [5.74, 6) is 0.304. The van der Waals surface area contributed by atoms with Crippen molar-refractivity contribution in [2.24, 2.45) is 0 Å². The molecule has 0 bridgehead atoms. The monoisotopic (exact) mass is 389 g/mol. The second-order valence-corrected chi connectivity index (χ2v) is 5.93. The number of hydrogen-bond donors (Lipinski definition) is 2. The van der Waals surface area contributed by atoms with Gasteiger partial charge in [-0.2, -0.15) is 10.1 Å². The number of halogens is 2. The summed E-state index contributed by atoms with van der Waals surface area (Å²) in [6.45, 7) is 0. The van der Waals surface area contributed by atoms with Gasteiger partial charge in [0.2, 0.25) is 5.95 Å². The molecular formula is C17H13Cl2N5O2. The number of esters is 1. The molecule has 7 nitrogen and oxygen atoms in total. The van der Waals surface area contributed by atoms with E-state index < -0.39 is 5.97 Å². The van der Waals surface area contributed by atoms with Gasteiger partial charge < -0.3 is 15.4 Å². The summed E-state index contributed by atoms with van der Waals surface area (Å²) in [7, 11) is 1.33. The first-order valence-corrected chi connectivity index (χ1v) is 8.18. The highest BCUT2D eigenvalue weighted by Crippen LogP contribution is 2.26. The molecule has 0 saturated carbocycles. The van der Waals surface area contributed by atoms with Gasteiger partial charge in [-0.05, 0) is 36.4 Å². The van der Waals surface area contributed by atoms with E-state index in [0.717, 1.165) is 0 Å². The van der Waals surface area contributed by atoms with E-state index in [4.69, 9.17) is 27.9 Å². The predicted octanol–water partition coefficient (Wildman–Crippen LogP) is 4.45. The zero-order valence-electron chi connectivity index (χ0n) is 13.5. The summed E-state index contributed by atoms with van der Waals surface area (Å²) in [6.07, 6.45) is 1.46. The Kier molecular flexibility index (Phi) is 5.50. The Morgan fingerprint density at radius 1 is 1.04 bits per heavy atom. The van der Waals surface area contributed by atoms with Gasteiger partial charge in [0.15, 0.2) is 5.82 Å². The van der Waals surface area contributed by atoms with Gasteiger partial charge in [0.25, 0.3) is 0 Å². The SMILES string of the molecule is COC(=O)c1cccc(Nc2cnnc(Nc3ccc(Cl)c(Cl)c3)n2)c1. The van der Waals surface area contributed by atoms with Crippen LogP contribution in [0.25, 0.3) is 0 Å². The summed E-state index contributed by atoms with van der Waals surface area (Å²) < 4.78 is 4.71. The number of hydrogen-bond acceptors (Lipinski definition) is 7. The molecular weight excluding hydrogens is 377 g/mol. The van der Waals surface area contributed by atoms with Crippen molar-refractivity contribution in [3.8, 4) is 0 Å². The van der Waals surface area contributed by atoms with Crippen molar-refractivity contribution in [3.05, 3.63) is 64.3 Å². The number of nitrogens with one attached hydrogen (secondary N) is 2. The van der Waals surface area contributed by atoms with Crippen molar-refractivity contribution in [1.82, 2.24) is 15.2 Å². The van der Waals surface area contributed by atoms with Gasteiger partial charge in [-0.25, -0.2) is 4.79 Å². The lowest BCUT2D eigenvalue weighted by atomic mass is 10.2. The predicted molar refractivity (Wildman–Crippen MR) is 101 cm³/mol. The Bertz CT molecular complexity index is 952. The van der Waals surface area contributed by atoms with Crippen molar-refractivity contribution >= 4 is 52.3 Å². The van der Waals surface area contributed by atoms with Crippen LogP contribution in [0.5, 0.6) is 0 Å². The molecule has 9 heteroatoms. The van der Waals surface area contributed by atoms with Gasteiger partial charge in [-0.1, -0.05) is 29.3 Å². The van der Waals surface area contributed by atoms with E-state index in [2.05, 4.69) is 25.8 Å². The van der Waals surface area contributed by atoms with Gasteiger partial charge in [0.1, 0.15) is 0 Å². The van der Waals surface area contributed by atoms with Crippen LogP contribution in [-0.2, 0) is 4.74 Å². The first kappa shape index (κ1) is 17.9. The van der Waals surface area contributed by atoms with Crippen LogP contribution < -0.4 is 10.6 Å². The summed E-state index contributed by atoms with van der Waals surface area (Å²) in [5, 5.41) is 14.8. The van der Waals surface area contributed by atoms with E-state index >= 15 is 0 Å². The first-order valence-electron chi connectivity index (χ1n) is 7.42. The number of anilines is 4. The molecule has 0 fully saturated rings. The fourth-order valence-corrected chi connectivity index (χ4v) is 2.41. The van der Waals surface area contributed by atoms with Crippen LogP contribution in [0, 0.1) is 0 Å². The largest absolute Gasteiger partial charge is 0.465 e. The van der Waals surface area contributed by atoms with Gasteiger partial charge in [0.05, 0.1) is 28.9 Å². The molecule has 0 unspecified atom stereocenters. The molecule has 3 rings (SSSR count). The quantitative estimate of drug-likeness (QED) is 0.622.